The summed E-state index contributed by atoms with van der Waals surface area (Å²) in [5.74, 6) is 0. The second kappa shape index (κ2) is 5.46. The number of aromatic nitrogens is 1. The fourth-order valence-corrected chi connectivity index (χ4v) is 2.43. The van der Waals surface area contributed by atoms with Gasteiger partial charge in [-0.25, -0.2) is 0 Å². The van der Waals surface area contributed by atoms with Crippen LogP contribution in [0.2, 0.25) is 0 Å². The van der Waals surface area contributed by atoms with E-state index < -0.39 is 17.8 Å². The highest BCUT2D eigenvalue weighted by atomic mass is 127. The minimum atomic E-state index is -4.51. The van der Waals surface area contributed by atoms with Crippen LogP contribution in [0.15, 0.2) is 42.7 Å². The van der Waals surface area contributed by atoms with E-state index in [9.17, 15) is 18.3 Å². The maximum absolute atomic E-state index is 12.9. The molecule has 0 spiro atoms. The lowest BCUT2D eigenvalue weighted by Gasteiger charge is -2.18. The zero-order valence-electron chi connectivity index (χ0n) is 9.53. The van der Waals surface area contributed by atoms with Crippen LogP contribution >= 0.6 is 22.6 Å². The molecule has 0 bridgehead atoms. The number of rotatable bonds is 2. The molecule has 2 aromatic rings. The van der Waals surface area contributed by atoms with Gasteiger partial charge in [0.1, 0.15) is 6.10 Å². The van der Waals surface area contributed by atoms with E-state index in [4.69, 9.17) is 0 Å². The molecule has 2 rings (SSSR count). The first-order valence-corrected chi connectivity index (χ1v) is 6.42. The Labute approximate surface area is 121 Å². The minimum absolute atomic E-state index is 0.237. The van der Waals surface area contributed by atoms with E-state index in [-0.39, 0.29) is 5.56 Å². The van der Waals surface area contributed by atoms with Crippen molar-refractivity contribution in [1.82, 2.24) is 4.98 Å². The quantitative estimate of drug-likeness (QED) is 0.806. The van der Waals surface area contributed by atoms with Gasteiger partial charge in [-0.15, -0.1) is 0 Å². The van der Waals surface area contributed by atoms with Crippen LogP contribution < -0.4 is 0 Å². The summed E-state index contributed by atoms with van der Waals surface area (Å²) in [5, 5.41) is 10.2. The summed E-state index contributed by atoms with van der Waals surface area (Å²) in [6, 6.07) is 7.62. The lowest BCUT2D eigenvalue weighted by atomic mass is 9.98. The summed E-state index contributed by atoms with van der Waals surface area (Å²) in [7, 11) is 0. The standard InChI is InChI=1S/C13H9F3INO/c14-13(15,16)10-5-6-18-7-9(10)12(19)8-3-1-2-4-11(8)17/h1-7,12,19H. The van der Waals surface area contributed by atoms with Gasteiger partial charge in [-0.05, 0) is 40.3 Å². The van der Waals surface area contributed by atoms with Crippen LogP contribution in [0.3, 0.4) is 0 Å². The highest BCUT2D eigenvalue weighted by Crippen LogP contribution is 2.36. The topological polar surface area (TPSA) is 33.1 Å². The molecule has 100 valence electrons. The number of benzene rings is 1. The van der Waals surface area contributed by atoms with E-state index in [2.05, 4.69) is 4.98 Å². The van der Waals surface area contributed by atoms with Gasteiger partial charge in [-0.1, -0.05) is 18.2 Å². The van der Waals surface area contributed by atoms with Gasteiger partial charge in [-0.2, -0.15) is 13.2 Å². The monoisotopic (exact) mass is 379 g/mol. The van der Waals surface area contributed by atoms with E-state index in [1.807, 2.05) is 22.6 Å². The molecular weight excluding hydrogens is 370 g/mol. The third-order valence-electron chi connectivity index (χ3n) is 2.65. The molecule has 6 heteroatoms. The molecule has 0 aliphatic heterocycles. The van der Waals surface area contributed by atoms with Crippen LogP contribution in [0.4, 0.5) is 13.2 Å². The Morgan fingerprint density at radius 1 is 1.11 bits per heavy atom. The summed E-state index contributed by atoms with van der Waals surface area (Å²) < 4.78 is 39.4. The molecule has 1 unspecified atom stereocenters. The Hall–Kier alpha value is -1.15. The maximum Gasteiger partial charge on any atom is 0.416 e. The summed E-state index contributed by atoms with van der Waals surface area (Å²) in [6.45, 7) is 0. The zero-order valence-corrected chi connectivity index (χ0v) is 11.7. The molecule has 1 aromatic carbocycles. The first-order chi connectivity index (χ1) is 8.91. The smallest absolute Gasteiger partial charge is 0.384 e. The van der Waals surface area contributed by atoms with E-state index >= 15 is 0 Å². The highest BCUT2D eigenvalue weighted by Gasteiger charge is 2.35. The molecule has 1 atom stereocenters. The predicted molar refractivity (Wildman–Crippen MR) is 72.5 cm³/mol. The second-order valence-electron chi connectivity index (χ2n) is 3.88. The Kier molecular flexibility index (Phi) is 4.10. The molecule has 0 fully saturated rings. The van der Waals surface area contributed by atoms with Gasteiger partial charge in [0.15, 0.2) is 0 Å². The van der Waals surface area contributed by atoms with E-state index in [0.717, 1.165) is 18.5 Å². The van der Waals surface area contributed by atoms with Crippen molar-refractivity contribution < 1.29 is 18.3 Å². The Balaban J connectivity index is 2.51. The van der Waals surface area contributed by atoms with Crippen molar-refractivity contribution in [3.8, 4) is 0 Å². The van der Waals surface area contributed by atoms with Crippen molar-refractivity contribution in [2.24, 2.45) is 0 Å². The van der Waals surface area contributed by atoms with E-state index in [1.54, 1.807) is 24.3 Å². The SMILES string of the molecule is OC(c1ccccc1I)c1cnccc1C(F)(F)F. The van der Waals surface area contributed by atoms with Crippen LogP contribution in [-0.4, -0.2) is 10.1 Å². The normalized spacial score (nSPS) is 13.3. The molecule has 0 amide bonds. The van der Waals surface area contributed by atoms with Crippen molar-refractivity contribution in [1.29, 1.82) is 0 Å². The van der Waals surface area contributed by atoms with Gasteiger partial charge < -0.3 is 5.11 Å². The highest BCUT2D eigenvalue weighted by molar-refractivity contribution is 14.1. The summed E-state index contributed by atoms with van der Waals surface area (Å²) in [4.78, 5) is 3.67. The number of hydrogen-bond donors (Lipinski definition) is 1. The van der Waals surface area contributed by atoms with E-state index in [0.29, 0.717) is 9.13 Å². The molecular formula is C13H9F3INO. The predicted octanol–water partition coefficient (Wildman–Crippen LogP) is 3.79. The summed E-state index contributed by atoms with van der Waals surface area (Å²) in [5.41, 5.74) is -0.671. The third-order valence-corrected chi connectivity index (χ3v) is 3.63. The van der Waals surface area contributed by atoms with Crippen LogP contribution in [0, 0.1) is 3.57 Å². The van der Waals surface area contributed by atoms with Gasteiger partial charge in [0.25, 0.3) is 0 Å². The number of nitrogens with zero attached hydrogens (tertiary/aromatic N) is 1. The molecule has 19 heavy (non-hydrogen) atoms. The lowest BCUT2D eigenvalue weighted by Crippen LogP contribution is -2.13. The molecule has 1 heterocycles. The minimum Gasteiger partial charge on any atom is -0.384 e. The number of aliphatic hydroxyl groups is 1. The van der Waals surface area contributed by atoms with E-state index in [1.165, 1.54) is 0 Å². The number of pyridine rings is 1. The molecule has 0 aliphatic rings. The third kappa shape index (κ3) is 3.06. The van der Waals surface area contributed by atoms with Gasteiger partial charge >= 0.3 is 6.18 Å². The van der Waals surface area contributed by atoms with Crippen molar-refractivity contribution in [2.75, 3.05) is 0 Å². The molecule has 1 N–H and O–H groups in total. The average molecular weight is 379 g/mol. The first-order valence-electron chi connectivity index (χ1n) is 5.35. The van der Waals surface area contributed by atoms with Gasteiger partial charge in [-0.3, -0.25) is 4.98 Å². The number of hydrogen-bond acceptors (Lipinski definition) is 2. The van der Waals surface area contributed by atoms with Crippen LogP contribution in [-0.2, 0) is 6.18 Å². The Morgan fingerprint density at radius 2 is 1.79 bits per heavy atom. The van der Waals surface area contributed by atoms with Crippen LogP contribution in [0.1, 0.15) is 22.8 Å². The molecule has 2 nitrogen and oxygen atoms in total. The van der Waals surface area contributed by atoms with Gasteiger partial charge in [0.05, 0.1) is 5.56 Å². The van der Waals surface area contributed by atoms with Crippen molar-refractivity contribution in [2.45, 2.75) is 12.3 Å². The van der Waals surface area contributed by atoms with Crippen molar-refractivity contribution in [3.63, 3.8) is 0 Å². The maximum atomic E-state index is 12.9. The van der Waals surface area contributed by atoms with Gasteiger partial charge in [0, 0.05) is 21.5 Å². The number of alkyl halides is 3. The Bertz CT molecular complexity index is 586. The zero-order chi connectivity index (χ0) is 14.0. The van der Waals surface area contributed by atoms with Crippen molar-refractivity contribution in [3.05, 3.63) is 63.0 Å². The molecule has 0 radical (unpaired) electrons. The summed E-state index contributed by atoms with van der Waals surface area (Å²) >= 11 is 1.97. The number of halogens is 4. The first kappa shape index (κ1) is 14.3. The second-order valence-corrected chi connectivity index (χ2v) is 5.05. The molecule has 1 aromatic heterocycles. The summed E-state index contributed by atoms with van der Waals surface area (Å²) in [6.07, 6.45) is -3.75. The molecule has 0 saturated heterocycles. The number of aliphatic hydroxyl groups excluding tert-OH is 1. The fourth-order valence-electron chi connectivity index (χ4n) is 1.75. The lowest BCUT2D eigenvalue weighted by molar-refractivity contribution is -0.139. The van der Waals surface area contributed by atoms with Crippen molar-refractivity contribution >= 4 is 22.6 Å². The Morgan fingerprint density at radius 3 is 2.42 bits per heavy atom. The van der Waals surface area contributed by atoms with Gasteiger partial charge in [0.2, 0.25) is 0 Å². The molecule has 0 aliphatic carbocycles. The average Bonchev–Trinajstić information content (AvgIpc) is 2.37. The fraction of sp³-hybridized carbons (Fsp3) is 0.154. The molecule has 0 saturated carbocycles. The van der Waals surface area contributed by atoms with Crippen LogP contribution in [0.25, 0.3) is 0 Å². The van der Waals surface area contributed by atoms with Crippen LogP contribution in [0.5, 0.6) is 0 Å². The largest absolute Gasteiger partial charge is 0.416 e.